The summed E-state index contributed by atoms with van der Waals surface area (Å²) in [5.74, 6) is 0.0214. The molecule has 22 heavy (non-hydrogen) atoms. The Balaban J connectivity index is 1.96. The van der Waals surface area contributed by atoms with Crippen LogP contribution in [0.25, 0.3) is 0 Å². The van der Waals surface area contributed by atoms with Gasteiger partial charge < -0.3 is 15.0 Å². The van der Waals surface area contributed by atoms with Gasteiger partial charge in [0.1, 0.15) is 10.1 Å². The summed E-state index contributed by atoms with van der Waals surface area (Å²) in [6.45, 7) is 1.87. The van der Waals surface area contributed by atoms with Crippen LogP contribution in [0, 0.1) is 5.41 Å². The summed E-state index contributed by atoms with van der Waals surface area (Å²) < 4.78 is 4.62. The molecule has 1 aromatic carbocycles. The molecule has 0 unspecified atom stereocenters. The maximum Gasteiger partial charge on any atom is 0.262 e. The Kier molecular flexibility index (Phi) is 3.53. The number of anilines is 1. The Morgan fingerprint density at radius 2 is 2.00 bits per heavy atom. The molecule has 0 saturated heterocycles. The minimum absolute atomic E-state index is 0.134. The fraction of sp³-hybridized carbons (Fsp3) is 0.467. The minimum atomic E-state index is -1.06. The molecule has 1 fully saturated rings. The summed E-state index contributed by atoms with van der Waals surface area (Å²) in [5.41, 5.74) is -0.210. The van der Waals surface area contributed by atoms with Crippen molar-refractivity contribution in [2.45, 2.75) is 23.8 Å². The Bertz CT molecular complexity index is 649. The summed E-state index contributed by atoms with van der Waals surface area (Å²) >= 11 is 12.2. The summed E-state index contributed by atoms with van der Waals surface area (Å²) in [6, 6.07) is 7.12. The van der Waals surface area contributed by atoms with Crippen LogP contribution < -0.4 is 15.0 Å². The van der Waals surface area contributed by atoms with Gasteiger partial charge in [-0.15, -0.1) is 23.2 Å². The van der Waals surface area contributed by atoms with Gasteiger partial charge in [-0.1, -0.05) is 12.1 Å². The van der Waals surface area contributed by atoms with E-state index in [2.05, 4.69) is 5.32 Å². The van der Waals surface area contributed by atoms with Crippen LogP contribution >= 0.6 is 23.2 Å². The second kappa shape index (κ2) is 5.03. The zero-order valence-corrected chi connectivity index (χ0v) is 13.7. The van der Waals surface area contributed by atoms with Crippen LogP contribution in [0.3, 0.4) is 0 Å². The average molecular weight is 343 g/mol. The highest BCUT2D eigenvalue weighted by Gasteiger charge is 2.69. The normalized spacial score (nSPS) is 28.4. The number of fused-ring (bicyclic) bond motifs is 1. The third-order valence-corrected chi connectivity index (χ3v) is 5.39. The maximum absolute atomic E-state index is 12.9. The maximum atomic E-state index is 12.9. The molecule has 2 aliphatic rings. The molecule has 0 spiro atoms. The number of likely N-dealkylation sites (N-methyl/N-ethyl adjacent to an activating group) is 1. The minimum Gasteiger partial charge on any atom is -0.477 e. The summed E-state index contributed by atoms with van der Waals surface area (Å²) in [7, 11) is 1.53. The van der Waals surface area contributed by atoms with Crippen molar-refractivity contribution in [2.24, 2.45) is 5.41 Å². The number of rotatable bonds is 2. The molecular weight excluding hydrogens is 327 g/mol. The van der Waals surface area contributed by atoms with E-state index in [9.17, 15) is 9.59 Å². The number of halogens is 2. The van der Waals surface area contributed by atoms with Crippen LogP contribution in [0.4, 0.5) is 5.69 Å². The van der Waals surface area contributed by atoms with Crippen molar-refractivity contribution < 1.29 is 14.3 Å². The number of carbonyl (C=O) groups is 2. The molecule has 5 nitrogen and oxygen atoms in total. The first-order valence-corrected chi connectivity index (χ1v) is 7.73. The van der Waals surface area contributed by atoms with Crippen LogP contribution in [-0.2, 0) is 9.59 Å². The molecule has 7 heteroatoms. The van der Waals surface area contributed by atoms with Crippen LogP contribution in [0.5, 0.6) is 5.75 Å². The van der Waals surface area contributed by atoms with Crippen molar-refractivity contribution in [1.29, 1.82) is 0 Å². The van der Waals surface area contributed by atoms with E-state index < -0.39 is 15.9 Å². The third-order valence-electron chi connectivity index (χ3n) is 4.29. The predicted octanol–water partition coefficient (Wildman–Crippen LogP) is 2.11. The topological polar surface area (TPSA) is 58.6 Å². The van der Waals surface area contributed by atoms with E-state index in [-0.39, 0.29) is 18.4 Å². The Hall–Kier alpha value is -1.46. The van der Waals surface area contributed by atoms with E-state index in [0.29, 0.717) is 17.9 Å². The number of hydrogen-bond acceptors (Lipinski definition) is 3. The number of amides is 2. The quantitative estimate of drug-likeness (QED) is 0.837. The lowest BCUT2D eigenvalue weighted by atomic mass is 10.1. The van der Waals surface area contributed by atoms with E-state index in [1.165, 1.54) is 7.05 Å². The molecule has 2 atom stereocenters. The average Bonchev–Trinajstić information content (AvgIpc) is 3.04. The van der Waals surface area contributed by atoms with E-state index in [1.54, 1.807) is 30.0 Å². The third kappa shape index (κ3) is 2.23. The van der Waals surface area contributed by atoms with Gasteiger partial charge in [-0.05, 0) is 25.5 Å². The second-order valence-corrected chi connectivity index (χ2v) is 7.30. The molecule has 1 N–H and O–H groups in total. The fourth-order valence-corrected chi connectivity index (χ4v) is 3.35. The van der Waals surface area contributed by atoms with Crippen LogP contribution in [0.2, 0.25) is 0 Å². The van der Waals surface area contributed by atoms with Crippen molar-refractivity contribution in [3.8, 4) is 5.75 Å². The van der Waals surface area contributed by atoms with E-state index >= 15 is 0 Å². The molecule has 1 aliphatic heterocycles. The van der Waals surface area contributed by atoms with Gasteiger partial charge in [0.2, 0.25) is 5.91 Å². The standard InChI is InChI=1S/C15H16Cl2N2O3/c1-14(8-15(14,16)17)13(21)19-7-11(12(20)18-2)22-10-6-4-3-5-9(10)19/h3-6,11H,7-8H2,1-2H3,(H,18,20)/t11-,14+/m1/s1. The van der Waals surface area contributed by atoms with Crippen molar-refractivity contribution in [2.75, 3.05) is 18.5 Å². The first kappa shape index (κ1) is 15.4. The number of nitrogens with one attached hydrogen (secondary N) is 1. The van der Waals surface area contributed by atoms with Gasteiger partial charge in [-0.25, -0.2) is 0 Å². The lowest BCUT2D eigenvalue weighted by Gasteiger charge is -2.35. The zero-order chi connectivity index (χ0) is 16.1. The number of ether oxygens (including phenoxy) is 1. The molecule has 2 amide bonds. The highest BCUT2D eigenvalue weighted by atomic mass is 35.5. The van der Waals surface area contributed by atoms with Gasteiger partial charge in [-0.2, -0.15) is 0 Å². The number of carbonyl (C=O) groups excluding carboxylic acids is 2. The Labute approximate surface area is 138 Å². The summed E-state index contributed by atoms with van der Waals surface area (Å²) in [4.78, 5) is 26.3. The van der Waals surface area contributed by atoms with Gasteiger partial charge in [0, 0.05) is 7.05 Å². The molecule has 0 radical (unpaired) electrons. The predicted molar refractivity (Wildman–Crippen MR) is 84.4 cm³/mol. The second-order valence-electron chi connectivity index (χ2n) is 5.82. The van der Waals surface area contributed by atoms with Gasteiger partial charge in [0.25, 0.3) is 5.91 Å². The van der Waals surface area contributed by atoms with Gasteiger partial charge in [0.15, 0.2) is 6.10 Å². The smallest absolute Gasteiger partial charge is 0.262 e. The molecule has 1 aromatic rings. The Morgan fingerprint density at radius 3 is 2.59 bits per heavy atom. The number of benzene rings is 1. The molecule has 0 bridgehead atoms. The molecule has 1 saturated carbocycles. The van der Waals surface area contributed by atoms with Crippen molar-refractivity contribution in [1.82, 2.24) is 5.32 Å². The van der Waals surface area contributed by atoms with Gasteiger partial charge in [0.05, 0.1) is 17.6 Å². The highest BCUT2D eigenvalue weighted by Crippen LogP contribution is 2.64. The van der Waals surface area contributed by atoms with Crippen molar-refractivity contribution in [3.63, 3.8) is 0 Å². The van der Waals surface area contributed by atoms with E-state index in [4.69, 9.17) is 27.9 Å². The first-order valence-electron chi connectivity index (χ1n) is 6.97. The van der Waals surface area contributed by atoms with Gasteiger partial charge >= 0.3 is 0 Å². The summed E-state index contributed by atoms with van der Waals surface area (Å²) in [6.07, 6.45) is -0.363. The number of para-hydroxylation sites is 2. The lowest BCUT2D eigenvalue weighted by molar-refractivity contribution is -0.128. The van der Waals surface area contributed by atoms with Gasteiger partial charge in [-0.3, -0.25) is 9.59 Å². The molecule has 1 aliphatic carbocycles. The Morgan fingerprint density at radius 1 is 1.36 bits per heavy atom. The van der Waals surface area contributed by atoms with Crippen LogP contribution in [0.1, 0.15) is 13.3 Å². The largest absolute Gasteiger partial charge is 0.477 e. The van der Waals surface area contributed by atoms with E-state index in [0.717, 1.165) is 0 Å². The zero-order valence-electron chi connectivity index (χ0n) is 12.2. The van der Waals surface area contributed by atoms with E-state index in [1.807, 2.05) is 6.07 Å². The molecule has 1 heterocycles. The SMILES string of the molecule is CNC(=O)[C@H]1CN(C(=O)[C@]2(C)CC2(Cl)Cl)c2ccccc2O1. The lowest BCUT2D eigenvalue weighted by Crippen LogP contribution is -2.52. The highest BCUT2D eigenvalue weighted by molar-refractivity contribution is 6.53. The van der Waals surface area contributed by atoms with Crippen molar-refractivity contribution in [3.05, 3.63) is 24.3 Å². The monoisotopic (exact) mass is 342 g/mol. The van der Waals surface area contributed by atoms with Crippen molar-refractivity contribution >= 4 is 40.7 Å². The number of hydrogen-bond donors (Lipinski definition) is 1. The molecular formula is C15H16Cl2N2O3. The number of nitrogens with zero attached hydrogens (tertiary/aromatic N) is 1. The molecule has 3 rings (SSSR count). The first-order chi connectivity index (χ1) is 10.3. The summed E-state index contributed by atoms with van der Waals surface area (Å²) in [5, 5.41) is 2.54. The number of alkyl halides is 2. The molecule has 0 aromatic heterocycles. The van der Waals surface area contributed by atoms with Crippen LogP contribution in [-0.4, -0.2) is 35.8 Å². The fourth-order valence-electron chi connectivity index (χ4n) is 2.65. The van der Waals surface area contributed by atoms with Crippen LogP contribution in [0.15, 0.2) is 24.3 Å². The molecule has 118 valence electrons.